The minimum absolute atomic E-state index is 0.0469. The zero-order valence-electron chi connectivity index (χ0n) is 12.9. The van der Waals surface area contributed by atoms with E-state index in [1.165, 1.54) is 44.5 Å². The molecule has 1 aromatic heterocycles. The first-order valence-electron chi connectivity index (χ1n) is 6.66. The Hall–Kier alpha value is -2.96. The fraction of sp³-hybridized carbons (Fsp3) is 0.133. The van der Waals surface area contributed by atoms with Crippen LogP contribution in [0.4, 0.5) is 5.69 Å². The third-order valence-corrected chi connectivity index (χ3v) is 4.41. The van der Waals surface area contributed by atoms with Crippen molar-refractivity contribution >= 4 is 21.9 Å². The smallest absolute Gasteiger partial charge is 0.271 e. The van der Waals surface area contributed by atoms with Crippen LogP contribution in [0.5, 0.6) is 5.88 Å². The van der Waals surface area contributed by atoms with E-state index in [0.717, 1.165) is 4.57 Å². The van der Waals surface area contributed by atoms with Crippen LogP contribution in [0, 0.1) is 18.3 Å². The van der Waals surface area contributed by atoms with Crippen molar-refractivity contribution in [2.24, 2.45) is 17.2 Å². The molecule has 1 aromatic carbocycles. The number of pyridine rings is 1. The van der Waals surface area contributed by atoms with Crippen molar-refractivity contribution < 1.29 is 13.5 Å². The van der Waals surface area contributed by atoms with E-state index >= 15 is 0 Å². The Kier molecular flexibility index (Phi) is 4.54. The number of nitrogens with two attached hydrogens (primary N) is 1. The molecular formula is C15H14N4O4S. The van der Waals surface area contributed by atoms with Gasteiger partial charge in [0, 0.05) is 13.3 Å². The van der Waals surface area contributed by atoms with Crippen molar-refractivity contribution in [3.05, 3.63) is 51.3 Å². The molecule has 0 unspecified atom stereocenters. The van der Waals surface area contributed by atoms with Gasteiger partial charge in [0.1, 0.15) is 11.6 Å². The van der Waals surface area contributed by atoms with E-state index in [0.29, 0.717) is 11.3 Å². The number of hydrogen-bond donors (Lipinski definition) is 2. The third-order valence-electron chi connectivity index (χ3n) is 3.48. The van der Waals surface area contributed by atoms with Gasteiger partial charge in [-0.2, -0.15) is 5.26 Å². The number of aromatic nitrogens is 1. The van der Waals surface area contributed by atoms with Crippen LogP contribution in [-0.2, 0) is 17.1 Å². The molecule has 0 saturated heterocycles. The summed E-state index contributed by atoms with van der Waals surface area (Å²) in [4.78, 5) is 15.9. The summed E-state index contributed by atoms with van der Waals surface area (Å²) in [5.74, 6) is -0.318. The van der Waals surface area contributed by atoms with E-state index in [-0.39, 0.29) is 21.9 Å². The number of aromatic hydroxyl groups is 1. The van der Waals surface area contributed by atoms with Gasteiger partial charge in [-0.1, -0.05) is 0 Å². The second kappa shape index (κ2) is 6.27. The Morgan fingerprint density at radius 3 is 2.42 bits per heavy atom. The Morgan fingerprint density at radius 2 is 1.92 bits per heavy atom. The lowest BCUT2D eigenvalue weighted by Crippen LogP contribution is -2.22. The van der Waals surface area contributed by atoms with Gasteiger partial charge in [0.2, 0.25) is 15.9 Å². The van der Waals surface area contributed by atoms with Gasteiger partial charge >= 0.3 is 0 Å². The molecule has 0 atom stereocenters. The number of hydrogen-bond acceptors (Lipinski definition) is 6. The van der Waals surface area contributed by atoms with E-state index in [9.17, 15) is 18.3 Å². The normalized spacial score (nSPS) is 11.6. The Morgan fingerprint density at radius 1 is 1.33 bits per heavy atom. The van der Waals surface area contributed by atoms with Crippen molar-refractivity contribution in [3.8, 4) is 11.9 Å². The summed E-state index contributed by atoms with van der Waals surface area (Å²) in [7, 11) is -2.44. The number of nitrogens with zero attached hydrogens (tertiary/aromatic N) is 3. The van der Waals surface area contributed by atoms with Crippen molar-refractivity contribution in [2.45, 2.75) is 11.8 Å². The maximum absolute atomic E-state index is 11.9. The minimum atomic E-state index is -3.79. The van der Waals surface area contributed by atoms with Gasteiger partial charge in [0.25, 0.3) is 5.56 Å². The average Bonchev–Trinajstić information content (AvgIpc) is 2.53. The molecule has 2 rings (SSSR count). The first-order chi connectivity index (χ1) is 11.2. The number of nitriles is 1. The van der Waals surface area contributed by atoms with Crippen molar-refractivity contribution in [3.63, 3.8) is 0 Å². The number of rotatable bonds is 3. The minimum Gasteiger partial charge on any atom is -0.494 e. The second-order valence-electron chi connectivity index (χ2n) is 5.01. The second-order valence-corrected chi connectivity index (χ2v) is 6.57. The highest BCUT2D eigenvalue weighted by atomic mass is 32.2. The Balaban J connectivity index is 2.49. The molecule has 8 nitrogen and oxygen atoms in total. The Bertz CT molecular complexity index is 1030. The van der Waals surface area contributed by atoms with E-state index in [2.05, 4.69) is 4.99 Å². The summed E-state index contributed by atoms with van der Waals surface area (Å²) < 4.78 is 23.3. The van der Waals surface area contributed by atoms with Gasteiger partial charge in [0.05, 0.1) is 16.1 Å². The highest BCUT2D eigenvalue weighted by Crippen LogP contribution is 2.21. The molecule has 0 aliphatic rings. The van der Waals surface area contributed by atoms with Gasteiger partial charge in [0.15, 0.2) is 0 Å². The first kappa shape index (κ1) is 17.4. The van der Waals surface area contributed by atoms with Crippen molar-refractivity contribution in [1.82, 2.24) is 4.57 Å². The Labute approximate surface area is 138 Å². The standard InChI is InChI=1S/C15H14N4O4S/c1-9-12(7-16)14(20)19(2)15(21)13(9)8-18-10-3-5-11(6-4-10)24(17,22)23/h3-6,8,21H,1-2H3,(H2,17,22,23). The molecule has 3 N–H and O–H groups in total. The molecule has 0 spiro atoms. The monoisotopic (exact) mass is 346 g/mol. The lowest BCUT2D eigenvalue weighted by Gasteiger charge is -2.09. The summed E-state index contributed by atoms with van der Waals surface area (Å²) >= 11 is 0. The van der Waals surface area contributed by atoms with E-state index in [1.807, 2.05) is 6.07 Å². The van der Waals surface area contributed by atoms with Gasteiger partial charge in [-0.15, -0.1) is 0 Å². The molecule has 24 heavy (non-hydrogen) atoms. The van der Waals surface area contributed by atoms with E-state index < -0.39 is 15.6 Å². The maximum Gasteiger partial charge on any atom is 0.271 e. The van der Waals surface area contributed by atoms with Crippen LogP contribution in [0.2, 0.25) is 0 Å². The molecular weight excluding hydrogens is 332 g/mol. The fourth-order valence-corrected chi connectivity index (χ4v) is 2.57. The van der Waals surface area contributed by atoms with Crippen LogP contribution in [0.1, 0.15) is 16.7 Å². The molecule has 9 heteroatoms. The quantitative estimate of drug-likeness (QED) is 0.786. The van der Waals surface area contributed by atoms with Crippen molar-refractivity contribution in [1.29, 1.82) is 5.26 Å². The maximum atomic E-state index is 11.9. The van der Waals surface area contributed by atoms with Crippen LogP contribution in [0.25, 0.3) is 0 Å². The zero-order valence-corrected chi connectivity index (χ0v) is 13.7. The molecule has 1 heterocycles. The number of benzene rings is 1. The van der Waals surface area contributed by atoms with Gasteiger partial charge in [-0.25, -0.2) is 13.6 Å². The summed E-state index contributed by atoms with van der Waals surface area (Å²) in [6.45, 7) is 1.53. The summed E-state index contributed by atoms with van der Waals surface area (Å²) in [5.41, 5.74) is 0.268. The lowest BCUT2D eigenvalue weighted by molar-refractivity contribution is 0.421. The fourth-order valence-electron chi connectivity index (χ4n) is 2.05. The highest BCUT2D eigenvalue weighted by Gasteiger charge is 2.15. The predicted molar refractivity (Wildman–Crippen MR) is 87.9 cm³/mol. The van der Waals surface area contributed by atoms with Crippen LogP contribution in [-0.4, -0.2) is 24.3 Å². The molecule has 2 aromatic rings. The van der Waals surface area contributed by atoms with Crippen LogP contribution in [0.3, 0.4) is 0 Å². The molecule has 0 radical (unpaired) electrons. The van der Waals surface area contributed by atoms with Gasteiger partial charge < -0.3 is 5.11 Å². The average molecular weight is 346 g/mol. The van der Waals surface area contributed by atoms with Crippen molar-refractivity contribution in [2.75, 3.05) is 0 Å². The SMILES string of the molecule is Cc1c(C=Nc2ccc(S(N)(=O)=O)cc2)c(O)n(C)c(=O)c1C#N. The largest absolute Gasteiger partial charge is 0.494 e. The van der Waals surface area contributed by atoms with E-state index in [1.54, 1.807) is 0 Å². The molecule has 0 bridgehead atoms. The highest BCUT2D eigenvalue weighted by molar-refractivity contribution is 7.89. The molecule has 0 aliphatic carbocycles. The van der Waals surface area contributed by atoms with Crippen LogP contribution >= 0.6 is 0 Å². The van der Waals surface area contributed by atoms with Crippen LogP contribution in [0.15, 0.2) is 38.9 Å². The third kappa shape index (κ3) is 3.19. The molecule has 124 valence electrons. The molecule has 0 amide bonds. The number of aliphatic imine (C=N–C) groups is 1. The van der Waals surface area contributed by atoms with E-state index in [4.69, 9.17) is 10.4 Å². The molecule has 0 aliphatic heterocycles. The number of primary sulfonamides is 1. The number of sulfonamides is 1. The summed E-state index contributed by atoms with van der Waals surface area (Å²) in [6, 6.07) is 7.29. The summed E-state index contributed by atoms with van der Waals surface area (Å²) in [5, 5.41) is 24.2. The van der Waals surface area contributed by atoms with Gasteiger partial charge in [-0.05, 0) is 36.8 Å². The predicted octanol–water partition coefficient (Wildman–Crippen LogP) is 0.669. The topological polar surface area (TPSA) is 139 Å². The zero-order chi connectivity index (χ0) is 18.1. The molecule has 0 saturated carbocycles. The molecule has 0 fully saturated rings. The first-order valence-corrected chi connectivity index (χ1v) is 8.21. The lowest BCUT2D eigenvalue weighted by atomic mass is 10.1. The summed E-state index contributed by atoms with van der Waals surface area (Å²) in [6.07, 6.45) is 1.30. The van der Waals surface area contributed by atoms with Gasteiger partial charge in [-0.3, -0.25) is 14.4 Å². The van der Waals surface area contributed by atoms with Crippen LogP contribution < -0.4 is 10.7 Å².